The lowest BCUT2D eigenvalue weighted by atomic mass is 10.6. The van der Waals surface area contributed by atoms with Gasteiger partial charge in [-0.05, 0) is 23.6 Å². The average molecular weight is 405 g/mol. The van der Waals surface area contributed by atoms with Gasteiger partial charge in [-0.1, -0.05) is 34.1 Å². The SMILES string of the molecule is CC.CCC.COC(=O)N(C)C.OP(O)(O)=S.OP(O)(O)=S. The maximum absolute atomic E-state index is 10.2. The molecule has 0 aliphatic carbocycles. The minimum atomic E-state index is -3.81. The predicted octanol–water partition coefficient (Wildman–Crippen LogP) is 1.13. The highest BCUT2D eigenvalue weighted by atomic mass is 32.5. The van der Waals surface area contributed by atoms with Gasteiger partial charge in [-0.25, -0.2) is 4.79 Å². The zero-order valence-corrected chi connectivity index (χ0v) is 17.3. The lowest BCUT2D eigenvalue weighted by molar-refractivity contribution is 0.141. The third-order valence-corrected chi connectivity index (χ3v) is 0.540. The summed E-state index contributed by atoms with van der Waals surface area (Å²) >= 11 is 7.21. The molecule has 0 heterocycles. The van der Waals surface area contributed by atoms with Crippen LogP contribution in [0.5, 0.6) is 0 Å². The molecule has 13 heteroatoms. The molecular weight excluding hydrogens is 376 g/mol. The van der Waals surface area contributed by atoms with E-state index < -0.39 is 13.4 Å². The van der Waals surface area contributed by atoms with E-state index in [1.807, 2.05) is 13.8 Å². The molecule has 9 nitrogen and oxygen atoms in total. The van der Waals surface area contributed by atoms with Gasteiger partial charge in [-0.15, -0.1) is 0 Å². The summed E-state index contributed by atoms with van der Waals surface area (Å²) in [6.45, 7) is 0.639. The molecule has 6 N–H and O–H groups in total. The molecule has 0 fully saturated rings. The Morgan fingerprint density at radius 1 is 0.955 bits per heavy atom. The summed E-state index contributed by atoms with van der Waals surface area (Å²) in [4.78, 5) is 56.9. The van der Waals surface area contributed by atoms with Crippen LogP contribution in [0.15, 0.2) is 0 Å². The summed E-state index contributed by atoms with van der Waals surface area (Å²) < 4.78 is 4.30. The summed E-state index contributed by atoms with van der Waals surface area (Å²) in [6, 6.07) is 0. The van der Waals surface area contributed by atoms with Gasteiger partial charge >= 0.3 is 19.5 Å². The Labute approximate surface area is 142 Å². The van der Waals surface area contributed by atoms with Crippen molar-refractivity contribution in [1.29, 1.82) is 0 Å². The van der Waals surface area contributed by atoms with Gasteiger partial charge < -0.3 is 39.0 Å². The smallest absolute Gasteiger partial charge is 0.408 e. The maximum atomic E-state index is 10.2. The molecule has 0 aromatic carbocycles. The minimum absolute atomic E-state index is 0.319. The fourth-order valence-corrected chi connectivity index (χ4v) is 0.183. The molecule has 0 saturated heterocycles. The molecule has 22 heavy (non-hydrogen) atoms. The van der Waals surface area contributed by atoms with Crippen molar-refractivity contribution in [2.24, 2.45) is 0 Å². The molecule has 140 valence electrons. The molecule has 0 saturated carbocycles. The average Bonchev–Trinajstić information content (AvgIpc) is 2.27. The van der Waals surface area contributed by atoms with Gasteiger partial charge in [0, 0.05) is 14.1 Å². The molecule has 0 aliphatic rings. The molecule has 1 amide bonds. The second-order valence-corrected chi connectivity index (χ2v) is 8.09. The van der Waals surface area contributed by atoms with Gasteiger partial charge in [0.25, 0.3) is 0 Å². The second kappa shape index (κ2) is 21.3. The number of carbonyl (C=O) groups excluding carboxylic acids is 1. The number of hydrogen-bond acceptors (Lipinski definition) is 4. The van der Waals surface area contributed by atoms with Crippen molar-refractivity contribution >= 4 is 43.1 Å². The molecule has 0 radical (unpaired) electrons. The van der Waals surface area contributed by atoms with Crippen LogP contribution in [0.2, 0.25) is 0 Å². The van der Waals surface area contributed by atoms with Crippen LogP contribution in [0.3, 0.4) is 0 Å². The number of carbonyl (C=O) groups is 1. The largest absolute Gasteiger partial charge is 0.453 e. The predicted molar refractivity (Wildman–Crippen MR) is 95.3 cm³/mol. The molecule has 0 aliphatic heterocycles. The van der Waals surface area contributed by atoms with Crippen LogP contribution in [-0.4, -0.2) is 61.6 Å². The Bertz CT molecular complexity index is 282. The molecule has 0 aromatic rings. The van der Waals surface area contributed by atoms with Crippen molar-refractivity contribution < 1.29 is 38.9 Å². The molecule has 0 bridgehead atoms. The fourth-order valence-electron chi connectivity index (χ4n) is 0.183. The Hall–Kier alpha value is 0.330. The van der Waals surface area contributed by atoms with Crippen LogP contribution < -0.4 is 0 Å². The summed E-state index contributed by atoms with van der Waals surface area (Å²) in [5, 5.41) is 0. The summed E-state index contributed by atoms with van der Waals surface area (Å²) in [6.07, 6.45) is 0.931. The number of hydrogen-bond donors (Lipinski definition) is 6. The van der Waals surface area contributed by atoms with Crippen molar-refractivity contribution in [3.05, 3.63) is 0 Å². The third kappa shape index (κ3) is 190. The monoisotopic (exact) mass is 405 g/mol. The van der Waals surface area contributed by atoms with Crippen LogP contribution in [0.25, 0.3) is 0 Å². The zero-order valence-electron chi connectivity index (χ0n) is 13.9. The molecule has 0 rings (SSSR count). The lowest BCUT2D eigenvalue weighted by Gasteiger charge is -2.05. The molecule has 0 unspecified atom stereocenters. The third-order valence-electron chi connectivity index (χ3n) is 0.540. The second-order valence-electron chi connectivity index (χ2n) is 3.10. The normalized spacial score (nSPS) is 8.95. The first-order chi connectivity index (χ1) is 9.59. The van der Waals surface area contributed by atoms with Crippen LogP contribution in [0, 0.1) is 0 Å². The zero-order chi connectivity index (χ0) is 19.6. The lowest BCUT2D eigenvalue weighted by Crippen LogP contribution is -2.20. The van der Waals surface area contributed by atoms with Crippen molar-refractivity contribution in [2.75, 3.05) is 21.2 Å². The van der Waals surface area contributed by atoms with Crippen molar-refractivity contribution in [2.45, 2.75) is 34.1 Å². The van der Waals surface area contributed by atoms with E-state index in [0.29, 0.717) is 0 Å². The van der Waals surface area contributed by atoms with Gasteiger partial charge in [-0.3, -0.25) is 0 Å². The maximum Gasteiger partial charge on any atom is 0.408 e. The number of rotatable bonds is 0. The topological polar surface area (TPSA) is 151 Å². The van der Waals surface area contributed by atoms with E-state index in [-0.39, 0.29) is 6.09 Å². The first-order valence-electron chi connectivity index (χ1n) is 5.91. The van der Waals surface area contributed by atoms with E-state index in [1.54, 1.807) is 14.1 Å². The van der Waals surface area contributed by atoms with E-state index in [0.717, 1.165) is 0 Å². The highest BCUT2D eigenvalue weighted by molar-refractivity contribution is 8.06. The molecule has 0 atom stereocenters. The van der Waals surface area contributed by atoms with E-state index in [4.69, 9.17) is 29.4 Å². The summed E-state index contributed by atoms with van der Waals surface area (Å²) in [5.41, 5.74) is 0. The summed E-state index contributed by atoms with van der Waals surface area (Å²) in [5.74, 6) is 0. The van der Waals surface area contributed by atoms with E-state index in [2.05, 4.69) is 42.2 Å². The quantitative estimate of drug-likeness (QED) is 0.324. The van der Waals surface area contributed by atoms with Crippen molar-refractivity contribution in [1.82, 2.24) is 4.90 Å². The highest BCUT2D eigenvalue weighted by Gasteiger charge is 1.97. The van der Waals surface area contributed by atoms with Crippen LogP contribution >= 0.6 is 13.4 Å². The minimum Gasteiger partial charge on any atom is -0.453 e. The van der Waals surface area contributed by atoms with E-state index in [9.17, 15) is 4.79 Å². The van der Waals surface area contributed by atoms with Crippen LogP contribution in [0.4, 0.5) is 4.79 Å². The van der Waals surface area contributed by atoms with E-state index >= 15 is 0 Å². The van der Waals surface area contributed by atoms with Crippen LogP contribution in [0.1, 0.15) is 34.1 Å². The van der Waals surface area contributed by atoms with Crippen molar-refractivity contribution in [3.63, 3.8) is 0 Å². The Kier molecular flexibility index (Phi) is 32.8. The van der Waals surface area contributed by atoms with E-state index in [1.165, 1.54) is 18.4 Å². The number of nitrogens with zero attached hydrogens (tertiary/aromatic N) is 1. The fraction of sp³-hybridized carbons (Fsp3) is 0.889. The Morgan fingerprint density at radius 2 is 1.09 bits per heavy atom. The Morgan fingerprint density at radius 3 is 1.09 bits per heavy atom. The van der Waals surface area contributed by atoms with Gasteiger partial charge in [0.2, 0.25) is 0 Å². The van der Waals surface area contributed by atoms with Crippen molar-refractivity contribution in [3.8, 4) is 0 Å². The van der Waals surface area contributed by atoms with Gasteiger partial charge in [-0.2, -0.15) is 0 Å². The number of amides is 1. The van der Waals surface area contributed by atoms with Gasteiger partial charge in [0.15, 0.2) is 0 Å². The first-order valence-corrected chi connectivity index (χ1v) is 11.2. The molecule has 0 spiro atoms. The standard InChI is InChI=1S/C4H9NO2.C3H8.C2H6.2H3O3PS/c1-5(2)4(6)7-3;1-3-2;1-2;2*1-4(2,3)5/h1-3H3;3H2,1-2H3;1-2H3;2*(H3,1,2,3,5). The van der Waals surface area contributed by atoms with Gasteiger partial charge in [0.1, 0.15) is 0 Å². The van der Waals surface area contributed by atoms with Crippen LogP contribution in [-0.2, 0) is 28.4 Å². The molecule has 0 aromatic heterocycles. The summed E-state index contributed by atoms with van der Waals surface area (Å²) in [7, 11) is 4.61. The first kappa shape index (κ1) is 33.8. The highest BCUT2D eigenvalue weighted by Crippen LogP contribution is 2.26. The number of methoxy groups -OCH3 is 1. The van der Waals surface area contributed by atoms with Gasteiger partial charge in [0.05, 0.1) is 7.11 Å². The number of ether oxygens (including phenoxy) is 1. The molecular formula is C9H29NO8P2S2. The Balaban J connectivity index is -0.0000000581.